The molecule has 1 atom stereocenters. The first-order valence-corrected chi connectivity index (χ1v) is 9.71. The molecule has 2 aromatic carbocycles. The van der Waals surface area contributed by atoms with Crippen LogP contribution in [0.4, 0.5) is 11.4 Å². The quantitative estimate of drug-likeness (QED) is 0.350. The average Bonchev–Trinajstić information content (AvgIpc) is 2.75. The van der Waals surface area contributed by atoms with E-state index in [9.17, 15) is 24.5 Å². The summed E-state index contributed by atoms with van der Waals surface area (Å²) in [5, 5.41) is 24.7. The topological polar surface area (TPSA) is 151 Å². The number of rotatable bonds is 8. The summed E-state index contributed by atoms with van der Waals surface area (Å²) in [5.41, 5.74) is 0.211. The van der Waals surface area contributed by atoms with Crippen LogP contribution in [0.5, 0.6) is 0 Å². The zero-order valence-corrected chi connectivity index (χ0v) is 17.9. The van der Waals surface area contributed by atoms with E-state index in [1.165, 1.54) is 18.2 Å². The second kappa shape index (κ2) is 10.9. The van der Waals surface area contributed by atoms with Crippen molar-refractivity contribution in [2.45, 2.75) is 19.9 Å². The normalized spacial score (nSPS) is 11.2. The lowest BCUT2D eigenvalue weighted by Crippen LogP contribution is -2.46. The average molecular weight is 459 g/mol. The minimum Gasteiger partial charge on any atom is -0.454 e. The van der Waals surface area contributed by atoms with Crippen LogP contribution in [0.3, 0.4) is 0 Å². The van der Waals surface area contributed by atoms with Crippen LogP contribution in [0, 0.1) is 27.4 Å². The third-order valence-corrected chi connectivity index (χ3v) is 4.55. The Morgan fingerprint density at radius 2 is 1.94 bits per heavy atom. The summed E-state index contributed by atoms with van der Waals surface area (Å²) in [6.45, 7) is 2.70. The van der Waals surface area contributed by atoms with Crippen molar-refractivity contribution in [3.8, 4) is 6.07 Å². The predicted octanol–water partition coefficient (Wildman–Crippen LogP) is 3.06. The highest BCUT2D eigenvalue weighted by Gasteiger charge is 2.27. The van der Waals surface area contributed by atoms with Gasteiger partial charge in [0, 0.05) is 17.3 Å². The fourth-order valence-corrected chi connectivity index (χ4v) is 2.79. The third kappa shape index (κ3) is 6.52. The van der Waals surface area contributed by atoms with Gasteiger partial charge in [0.05, 0.1) is 16.6 Å². The molecular formula is C21H19ClN4O6. The van der Waals surface area contributed by atoms with Crippen molar-refractivity contribution in [3.05, 3.63) is 68.7 Å². The van der Waals surface area contributed by atoms with E-state index in [1.54, 1.807) is 32.0 Å². The van der Waals surface area contributed by atoms with Crippen LogP contribution >= 0.6 is 11.6 Å². The van der Waals surface area contributed by atoms with Crippen molar-refractivity contribution < 1.29 is 24.0 Å². The molecule has 0 aromatic heterocycles. The van der Waals surface area contributed by atoms with Gasteiger partial charge >= 0.3 is 5.97 Å². The van der Waals surface area contributed by atoms with Gasteiger partial charge in [0.2, 0.25) is 0 Å². The summed E-state index contributed by atoms with van der Waals surface area (Å²) in [6.07, 6.45) is 0. The SMILES string of the molecule is CC(C)C(NC(=O)c1ccc(Cl)c([N+](=O)[O-])c1)C(=O)OCC(=O)Nc1cccc(C#N)c1. The molecule has 32 heavy (non-hydrogen) atoms. The van der Waals surface area contributed by atoms with Gasteiger partial charge < -0.3 is 15.4 Å². The molecule has 0 saturated heterocycles. The number of nitro benzene ring substituents is 1. The van der Waals surface area contributed by atoms with Crippen molar-refractivity contribution in [3.63, 3.8) is 0 Å². The Kier molecular flexibility index (Phi) is 8.26. The Morgan fingerprint density at radius 1 is 1.22 bits per heavy atom. The number of esters is 1. The van der Waals surface area contributed by atoms with Crippen molar-refractivity contribution in [2.75, 3.05) is 11.9 Å². The number of nitrogens with one attached hydrogen (secondary N) is 2. The lowest BCUT2D eigenvalue weighted by molar-refractivity contribution is -0.384. The van der Waals surface area contributed by atoms with Gasteiger partial charge in [-0.1, -0.05) is 31.5 Å². The highest BCUT2D eigenvalue weighted by atomic mass is 35.5. The molecule has 10 nitrogen and oxygen atoms in total. The zero-order valence-electron chi connectivity index (χ0n) is 17.1. The van der Waals surface area contributed by atoms with Gasteiger partial charge in [-0.25, -0.2) is 4.79 Å². The molecule has 2 amide bonds. The highest BCUT2D eigenvalue weighted by molar-refractivity contribution is 6.32. The number of benzene rings is 2. The molecule has 0 aliphatic carbocycles. The maximum absolute atomic E-state index is 12.5. The summed E-state index contributed by atoms with van der Waals surface area (Å²) >= 11 is 5.75. The monoisotopic (exact) mass is 458 g/mol. The molecular weight excluding hydrogens is 440 g/mol. The predicted molar refractivity (Wildman–Crippen MR) is 115 cm³/mol. The van der Waals surface area contributed by atoms with E-state index in [1.807, 2.05) is 6.07 Å². The Hall–Kier alpha value is -3.97. The standard InChI is InChI=1S/C21H19ClN4O6/c1-12(2)19(25-20(28)14-6-7-16(22)17(9-14)26(30)31)21(29)32-11-18(27)24-15-5-3-4-13(8-15)10-23/h3-9,12,19H,11H2,1-2H3,(H,24,27)(H,25,28). The molecule has 2 aromatic rings. The van der Waals surface area contributed by atoms with Crippen LogP contribution in [0.2, 0.25) is 5.02 Å². The number of carbonyl (C=O) groups is 3. The molecule has 0 heterocycles. The fourth-order valence-electron chi connectivity index (χ4n) is 2.61. The number of hydrogen-bond donors (Lipinski definition) is 2. The molecule has 11 heteroatoms. The van der Waals surface area contributed by atoms with Crippen LogP contribution in [-0.2, 0) is 14.3 Å². The second-order valence-corrected chi connectivity index (χ2v) is 7.37. The number of nitriles is 1. The van der Waals surface area contributed by atoms with Gasteiger partial charge in [-0.2, -0.15) is 5.26 Å². The largest absolute Gasteiger partial charge is 0.454 e. The third-order valence-electron chi connectivity index (χ3n) is 4.23. The van der Waals surface area contributed by atoms with Crippen LogP contribution in [0.1, 0.15) is 29.8 Å². The Labute approximate surface area is 188 Å². The number of nitro groups is 1. The highest BCUT2D eigenvalue weighted by Crippen LogP contribution is 2.25. The summed E-state index contributed by atoms with van der Waals surface area (Å²) in [6, 6.07) is 10.5. The number of hydrogen-bond acceptors (Lipinski definition) is 7. The van der Waals surface area contributed by atoms with Crippen LogP contribution in [0.15, 0.2) is 42.5 Å². The van der Waals surface area contributed by atoms with Crippen molar-refractivity contribution in [1.29, 1.82) is 5.26 Å². The van der Waals surface area contributed by atoms with Gasteiger partial charge in [0.25, 0.3) is 17.5 Å². The van der Waals surface area contributed by atoms with Crippen LogP contribution < -0.4 is 10.6 Å². The van der Waals surface area contributed by atoms with E-state index < -0.39 is 47.0 Å². The molecule has 0 saturated carbocycles. The van der Waals surface area contributed by atoms with Crippen LogP contribution in [-0.4, -0.2) is 35.4 Å². The molecule has 1 unspecified atom stereocenters. The fraction of sp³-hybridized carbons (Fsp3) is 0.238. The van der Waals surface area contributed by atoms with Gasteiger partial charge in [-0.3, -0.25) is 19.7 Å². The van der Waals surface area contributed by atoms with Crippen molar-refractivity contribution >= 4 is 40.8 Å². The first-order valence-electron chi connectivity index (χ1n) is 9.33. The number of amides is 2. The molecule has 0 radical (unpaired) electrons. The molecule has 0 aliphatic rings. The minimum atomic E-state index is -1.10. The van der Waals surface area contributed by atoms with E-state index in [4.69, 9.17) is 21.6 Å². The van der Waals surface area contributed by atoms with E-state index >= 15 is 0 Å². The summed E-state index contributed by atoms with van der Waals surface area (Å²) < 4.78 is 5.01. The number of halogens is 1. The second-order valence-electron chi connectivity index (χ2n) is 6.97. The van der Waals surface area contributed by atoms with Crippen LogP contribution in [0.25, 0.3) is 0 Å². The molecule has 0 bridgehead atoms. The summed E-state index contributed by atoms with van der Waals surface area (Å²) in [5.74, 6) is -2.62. The van der Waals surface area contributed by atoms with E-state index in [0.29, 0.717) is 11.3 Å². The summed E-state index contributed by atoms with van der Waals surface area (Å²) in [7, 11) is 0. The molecule has 2 rings (SSSR count). The molecule has 166 valence electrons. The maximum Gasteiger partial charge on any atom is 0.329 e. The van der Waals surface area contributed by atoms with E-state index in [0.717, 1.165) is 6.07 Å². The van der Waals surface area contributed by atoms with Gasteiger partial charge in [0.1, 0.15) is 11.1 Å². The molecule has 0 spiro atoms. The maximum atomic E-state index is 12.5. The van der Waals surface area contributed by atoms with Crippen molar-refractivity contribution in [2.24, 2.45) is 5.92 Å². The first-order chi connectivity index (χ1) is 15.1. The Morgan fingerprint density at radius 3 is 2.56 bits per heavy atom. The number of ether oxygens (including phenoxy) is 1. The van der Waals surface area contributed by atoms with E-state index in [2.05, 4.69) is 10.6 Å². The zero-order chi connectivity index (χ0) is 23.8. The molecule has 2 N–H and O–H groups in total. The molecule has 0 fully saturated rings. The number of nitrogens with zero attached hydrogens (tertiary/aromatic N) is 2. The molecule has 0 aliphatic heterocycles. The Balaban J connectivity index is 2.01. The number of anilines is 1. The minimum absolute atomic E-state index is 0.0605. The first kappa shape index (κ1) is 24.3. The number of carbonyl (C=O) groups excluding carboxylic acids is 3. The lowest BCUT2D eigenvalue weighted by atomic mass is 10.0. The Bertz CT molecular complexity index is 1100. The van der Waals surface area contributed by atoms with Gasteiger partial charge in [-0.15, -0.1) is 0 Å². The summed E-state index contributed by atoms with van der Waals surface area (Å²) in [4.78, 5) is 47.3. The van der Waals surface area contributed by atoms with Gasteiger partial charge in [0.15, 0.2) is 6.61 Å². The lowest BCUT2D eigenvalue weighted by Gasteiger charge is -2.20. The smallest absolute Gasteiger partial charge is 0.329 e. The van der Waals surface area contributed by atoms with Gasteiger partial charge in [-0.05, 0) is 36.2 Å². The van der Waals surface area contributed by atoms with E-state index in [-0.39, 0.29) is 10.6 Å². The van der Waals surface area contributed by atoms with Crippen molar-refractivity contribution in [1.82, 2.24) is 5.32 Å².